The first-order chi connectivity index (χ1) is 18.5. The van der Waals surface area contributed by atoms with Crippen molar-refractivity contribution in [2.75, 3.05) is 6.61 Å². The maximum atomic E-state index is 13.2. The topological polar surface area (TPSA) is 228 Å². The van der Waals surface area contributed by atoms with Gasteiger partial charge < -0.3 is 54.7 Å². The van der Waals surface area contributed by atoms with Crippen LogP contribution in [0.15, 0.2) is 51.7 Å². The number of fused-ring (bicyclic) bond motifs is 2. The van der Waals surface area contributed by atoms with Crippen molar-refractivity contribution in [3.8, 4) is 28.7 Å². The van der Waals surface area contributed by atoms with Gasteiger partial charge in [-0.15, -0.1) is 0 Å². The van der Waals surface area contributed by atoms with Gasteiger partial charge in [0, 0.05) is 12.1 Å². The Morgan fingerprint density at radius 2 is 1.51 bits per heavy atom. The molecule has 0 bridgehead atoms. The number of benzene rings is 3. The van der Waals surface area contributed by atoms with Crippen LogP contribution in [0.1, 0.15) is 22.0 Å². The van der Waals surface area contributed by atoms with E-state index in [1.165, 1.54) is 24.3 Å². The molecule has 1 saturated heterocycles. The van der Waals surface area contributed by atoms with Gasteiger partial charge in [-0.3, -0.25) is 4.79 Å². The number of aliphatic hydroxyl groups is 3. The van der Waals surface area contributed by atoms with Gasteiger partial charge >= 0.3 is 5.97 Å². The highest BCUT2D eigenvalue weighted by atomic mass is 16.6. The van der Waals surface area contributed by atoms with Crippen molar-refractivity contribution in [2.24, 2.45) is 0 Å². The molecule has 1 aliphatic rings. The molecule has 0 aliphatic carbocycles. The van der Waals surface area contributed by atoms with E-state index >= 15 is 0 Å². The first kappa shape index (κ1) is 26.1. The minimum atomic E-state index is -1.92. The minimum absolute atomic E-state index is 0.0361. The molecule has 0 spiro atoms. The van der Waals surface area contributed by atoms with Crippen LogP contribution >= 0.6 is 0 Å². The fourth-order valence-electron chi connectivity index (χ4n) is 4.55. The van der Waals surface area contributed by atoms with Gasteiger partial charge in [-0.05, 0) is 30.3 Å². The number of aromatic hydroxyl groups is 5. The van der Waals surface area contributed by atoms with E-state index < -0.39 is 82.5 Å². The average Bonchev–Trinajstić information content (AvgIpc) is 2.89. The summed E-state index contributed by atoms with van der Waals surface area (Å²) < 4.78 is 16.4. The van der Waals surface area contributed by atoms with Gasteiger partial charge in [0.05, 0.1) is 23.1 Å². The van der Waals surface area contributed by atoms with E-state index in [-0.39, 0.29) is 27.9 Å². The van der Waals surface area contributed by atoms with Gasteiger partial charge in [-0.2, -0.15) is 0 Å². The van der Waals surface area contributed by atoms with E-state index in [1.54, 1.807) is 0 Å². The van der Waals surface area contributed by atoms with Crippen LogP contribution in [-0.2, 0) is 9.47 Å². The Bertz CT molecular complexity index is 1640. The van der Waals surface area contributed by atoms with Crippen molar-refractivity contribution in [1.82, 2.24) is 0 Å². The number of aliphatic hydroxyl groups excluding tert-OH is 3. The second kappa shape index (κ2) is 9.63. The molecule has 1 aliphatic heterocycles. The van der Waals surface area contributed by atoms with Gasteiger partial charge in [-0.25, -0.2) is 4.79 Å². The zero-order chi connectivity index (χ0) is 28.2. The van der Waals surface area contributed by atoms with Crippen LogP contribution in [0.5, 0.6) is 28.7 Å². The van der Waals surface area contributed by atoms with Crippen LogP contribution in [-0.4, -0.2) is 77.8 Å². The monoisotopic (exact) mass is 542 g/mol. The molecule has 0 amide bonds. The van der Waals surface area contributed by atoms with Gasteiger partial charge in [0.2, 0.25) is 5.43 Å². The number of hydrogen-bond donors (Lipinski definition) is 8. The van der Waals surface area contributed by atoms with Gasteiger partial charge in [0.1, 0.15) is 58.2 Å². The van der Waals surface area contributed by atoms with Crippen LogP contribution in [0.25, 0.3) is 21.9 Å². The average molecular weight is 542 g/mol. The second-order valence-corrected chi connectivity index (χ2v) is 8.98. The Hall–Kier alpha value is -4.56. The highest BCUT2D eigenvalue weighted by molar-refractivity contribution is 5.96. The molecule has 8 N–H and O–H groups in total. The van der Waals surface area contributed by atoms with Crippen molar-refractivity contribution < 1.29 is 59.5 Å². The Morgan fingerprint density at radius 1 is 0.872 bits per heavy atom. The fourth-order valence-corrected chi connectivity index (χ4v) is 4.55. The zero-order valence-electron chi connectivity index (χ0n) is 19.8. The number of phenolic OH excluding ortho intramolecular Hbond substituents is 5. The quantitative estimate of drug-likeness (QED) is 0.102. The first-order valence-corrected chi connectivity index (χ1v) is 11.5. The number of ether oxygens (including phenoxy) is 2. The van der Waals surface area contributed by atoms with Crippen molar-refractivity contribution in [1.29, 1.82) is 0 Å². The Morgan fingerprint density at radius 3 is 2.18 bits per heavy atom. The summed E-state index contributed by atoms with van der Waals surface area (Å²) in [5, 5.41) is 81.6. The van der Waals surface area contributed by atoms with Crippen LogP contribution < -0.4 is 5.43 Å². The molecule has 5 rings (SSSR count). The summed E-state index contributed by atoms with van der Waals surface area (Å²) in [4.78, 5) is 25.9. The minimum Gasteiger partial charge on any atom is -0.508 e. The second-order valence-electron chi connectivity index (χ2n) is 8.98. The lowest BCUT2D eigenvalue weighted by Gasteiger charge is -2.42. The van der Waals surface area contributed by atoms with Crippen molar-refractivity contribution in [3.63, 3.8) is 0 Å². The van der Waals surface area contributed by atoms with E-state index in [1.807, 2.05) is 0 Å². The summed E-state index contributed by atoms with van der Waals surface area (Å²) in [5.74, 6) is -3.92. The molecular formula is C26H22O13. The molecule has 0 unspecified atom stereocenters. The highest BCUT2D eigenvalue weighted by Gasteiger charge is 2.49. The predicted molar refractivity (Wildman–Crippen MR) is 131 cm³/mol. The van der Waals surface area contributed by atoms with E-state index in [2.05, 4.69) is 0 Å². The molecular weight excluding hydrogens is 520 g/mol. The first-order valence-electron chi connectivity index (χ1n) is 11.5. The lowest BCUT2D eigenvalue weighted by atomic mass is 9.89. The Kier molecular flexibility index (Phi) is 6.44. The molecule has 204 valence electrons. The van der Waals surface area contributed by atoms with Crippen LogP contribution in [0.2, 0.25) is 0 Å². The third-order valence-corrected chi connectivity index (χ3v) is 6.55. The van der Waals surface area contributed by atoms with Crippen LogP contribution in [0.4, 0.5) is 0 Å². The Labute approximate surface area is 217 Å². The molecule has 13 nitrogen and oxygen atoms in total. The number of rotatable bonds is 4. The molecule has 39 heavy (non-hydrogen) atoms. The predicted octanol–water partition coefficient (Wildman–Crippen LogP) is 0.854. The lowest BCUT2D eigenvalue weighted by Crippen LogP contribution is -2.56. The number of carbonyl (C=O) groups is 1. The lowest BCUT2D eigenvalue weighted by molar-refractivity contribution is -0.232. The normalized spacial score (nSPS) is 23.2. The standard InChI is InChI=1S/C26H22O13/c27-8-17-21(33)25(39-26(36)9-1-3-10(28)4-2-9)23(35)24(38-17)18-14(31)7-16-19(22(18)34)20(32)11-5-12(29)13(30)6-15(11)37-16/h1-7,17,21,23-25,27-31,33-35H,8H2/t17-,21-,23+,24+,25+/m1/s1. The van der Waals surface area contributed by atoms with Gasteiger partial charge in [0.25, 0.3) is 0 Å². The van der Waals surface area contributed by atoms with Crippen LogP contribution in [0.3, 0.4) is 0 Å². The Balaban J connectivity index is 1.60. The molecule has 3 aromatic carbocycles. The summed E-state index contributed by atoms with van der Waals surface area (Å²) in [6, 6.07) is 7.74. The summed E-state index contributed by atoms with van der Waals surface area (Å²) in [6.07, 6.45) is -8.58. The number of carbonyl (C=O) groups excluding carboxylic acids is 1. The summed E-state index contributed by atoms with van der Waals surface area (Å²) in [6.45, 7) is -0.817. The van der Waals surface area contributed by atoms with E-state index in [4.69, 9.17) is 13.9 Å². The summed E-state index contributed by atoms with van der Waals surface area (Å²) >= 11 is 0. The van der Waals surface area contributed by atoms with Crippen molar-refractivity contribution in [2.45, 2.75) is 30.5 Å². The van der Waals surface area contributed by atoms with Crippen LogP contribution in [0, 0.1) is 0 Å². The summed E-state index contributed by atoms with van der Waals surface area (Å²) in [7, 11) is 0. The molecule has 13 heteroatoms. The van der Waals surface area contributed by atoms with E-state index in [9.17, 15) is 50.4 Å². The highest BCUT2D eigenvalue weighted by Crippen LogP contribution is 2.45. The molecule has 0 saturated carbocycles. The maximum Gasteiger partial charge on any atom is 0.338 e. The van der Waals surface area contributed by atoms with Crippen molar-refractivity contribution >= 4 is 27.9 Å². The fraction of sp³-hybridized carbons (Fsp3) is 0.231. The molecule has 1 aromatic heterocycles. The molecule has 5 atom stereocenters. The maximum absolute atomic E-state index is 13.2. The smallest absolute Gasteiger partial charge is 0.338 e. The number of esters is 1. The third-order valence-electron chi connectivity index (χ3n) is 6.55. The molecule has 4 aromatic rings. The largest absolute Gasteiger partial charge is 0.508 e. The molecule has 2 heterocycles. The molecule has 0 radical (unpaired) electrons. The zero-order valence-corrected chi connectivity index (χ0v) is 19.8. The summed E-state index contributed by atoms with van der Waals surface area (Å²) in [5.41, 5.74) is -1.89. The third kappa shape index (κ3) is 4.32. The van der Waals surface area contributed by atoms with E-state index in [0.717, 1.165) is 18.2 Å². The number of hydrogen-bond acceptors (Lipinski definition) is 13. The number of phenols is 5. The van der Waals surface area contributed by atoms with Gasteiger partial charge in [0.15, 0.2) is 17.6 Å². The molecule has 1 fully saturated rings. The van der Waals surface area contributed by atoms with Gasteiger partial charge in [-0.1, -0.05) is 0 Å². The van der Waals surface area contributed by atoms with Crippen molar-refractivity contribution in [3.05, 3.63) is 63.8 Å². The van der Waals surface area contributed by atoms with E-state index in [0.29, 0.717) is 0 Å². The SMILES string of the molecule is O=C(O[C@@H]1[C@@H](O)[C@H](c2c(O)cc3oc4cc(O)c(O)cc4c(=O)c3c2O)O[C@H](CO)[C@H]1O)c1ccc(O)cc1.